The lowest BCUT2D eigenvalue weighted by atomic mass is 9.88. The van der Waals surface area contributed by atoms with Gasteiger partial charge in [-0.3, -0.25) is 9.59 Å². The summed E-state index contributed by atoms with van der Waals surface area (Å²) in [4.78, 5) is 27.0. The van der Waals surface area contributed by atoms with Crippen LogP contribution < -0.4 is 5.73 Å². The van der Waals surface area contributed by atoms with Crippen molar-refractivity contribution in [1.29, 1.82) is 0 Å². The first kappa shape index (κ1) is 23.9. The molecule has 36 heavy (non-hydrogen) atoms. The normalized spacial score (nSPS) is 15.2. The van der Waals surface area contributed by atoms with E-state index in [1.807, 2.05) is 17.0 Å². The van der Waals surface area contributed by atoms with Crippen LogP contribution in [0.4, 0.5) is 0 Å². The van der Waals surface area contributed by atoms with E-state index in [2.05, 4.69) is 83.6 Å². The van der Waals surface area contributed by atoms with E-state index in [1.54, 1.807) is 0 Å². The molecule has 5 nitrogen and oxygen atoms in total. The SMILES string of the molecule is NC(=O)C1CCN(C(=O)CC(Cc2ccccc2)c2cn(Cc3ccccc3)c3ccccc23)CC1. The zero-order valence-corrected chi connectivity index (χ0v) is 20.6. The van der Waals surface area contributed by atoms with Gasteiger partial charge in [-0.1, -0.05) is 78.9 Å². The number of hydrogen-bond acceptors (Lipinski definition) is 2. The smallest absolute Gasteiger partial charge is 0.223 e. The highest BCUT2D eigenvalue weighted by Crippen LogP contribution is 2.34. The number of carbonyl (C=O) groups is 2. The van der Waals surface area contributed by atoms with Crippen LogP contribution in [0.2, 0.25) is 0 Å². The van der Waals surface area contributed by atoms with Crippen molar-refractivity contribution >= 4 is 22.7 Å². The van der Waals surface area contributed by atoms with E-state index < -0.39 is 0 Å². The van der Waals surface area contributed by atoms with Crippen LogP contribution in [0.15, 0.2) is 91.1 Å². The number of aromatic nitrogens is 1. The Morgan fingerprint density at radius 1 is 0.833 bits per heavy atom. The lowest BCUT2D eigenvalue weighted by Gasteiger charge is -2.31. The molecule has 2 N–H and O–H groups in total. The number of likely N-dealkylation sites (tertiary alicyclic amines) is 1. The molecule has 1 aliphatic rings. The summed E-state index contributed by atoms with van der Waals surface area (Å²) in [6, 6.07) is 29.4. The van der Waals surface area contributed by atoms with Crippen LogP contribution in [0.1, 0.15) is 41.9 Å². The van der Waals surface area contributed by atoms with Crippen LogP contribution in [0.3, 0.4) is 0 Å². The van der Waals surface area contributed by atoms with E-state index >= 15 is 0 Å². The van der Waals surface area contributed by atoms with Crippen molar-refractivity contribution in [3.8, 4) is 0 Å². The number of rotatable bonds is 8. The van der Waals surface area contributed by atoms with Gasteiger partial charge in [0.05, 0.1) is 0 Å². The Morgan fingerprint density at radius 3 is 2.11 bits per heavy atom. The van der Waals surface area contributed by atoms with Gasteiger partial charge in [-0.2, -0.15) is 0 Å². The molecule has 1 atom stereocenters. The minimum atomic E-state index is -0.254. The lowest BCUT2D eigenvalue weighted by molar-refractivity contribution is -0.135. The molecule has 4 aromatic rings. The number of piperidine rings is 1. The average Bonchev–Trinajstić information content (AvgIpc) is 3.28. The number of fused-ring (bicyclic) bond motifs is 1. The molecule has 184 valence electrons. The summed E-state index contributed by atoms with van der Waals surface area (Å²) in [7, 11) is 0. The number of primary amides is 1. The van der Waals surface area contributed by atoms with Crippen LogP contribution in [0, 0.1) is 5.92 Å². The molecule has 0 spiro atoms. The Morgan fingerprint density at radius 2 is 1.44 bits per heavy atom. The van der Waals surface area contributed by atoms with Crippen molar-refractivity contribution in [3.63, 3.8) is 0 Å². The predicted molar refractivity (Wildman–Crippen MR) is 143 cm³/mol. The molecule has 1 fully saturated rings. The number of hydrogen-bond donors (Lipinski definition) is 1. The molecule has 5 rings (SSSR count). The fourth-order valence-corrected chi connectivity index (χ4v) is 5.46. The maximum Gasteiger partial charge on any atom is 0.223 e. The second-order valence-electron chi connectivity index (χ2n) is 9.86. The topological polar surface area (TPSA) is 68.3 Å². The summed E-state index contributed by atoms with van der Waals surface area (Å²) in [6.45, 7) is 1.98. The van der Waals surface area contributed by atoms with Gasteiger partial charge in [0.2, 0.25) is 11.8 Å². The summed E-state index contributed by atoms with van der Waals surface area (Å²) in [6.07, 6.45) is 4.79. The minimum Gasteiger partial charge on any atom is -0.369 e. The van der Waals surface area contributed by atoms with Crippen LogP contribution in [0.25, 0.3) is 10.9 Å². The predicted octanol–water partition coefficient (Wildman–Crippen LogP) is 5.13. The number of amides is 2. The molecule has 1 aromatic heterocycles. The molecule has 0 aliphatic carbocycles. The zero-order valence-electron chi connectivity index (χ0n) is 20.6. The maximum absolute atomic E-state index is 13.5. The molecule has 0 radical (unpaired) electrons. The summed E-state index contributed by atoms with van der Waals surface area (Å²) in [5.41, 5.74) is 10.4. The molecule has 3 aromatic carbocycles. The summed E-state index contributed by atoms with van der Waals surface area (Å²) in [5.74, 6) is -0.171. The van der Waals surface area contributed by atoms with Gasteiger partial charge in [-0.05, 0) is 47.9 Å². The Labute approximate surface area is 212 Å². The van der Waals surface area contributed by atoms with Crippen LogP contribution in [-0.2, 0) is 22.6 Å². The van der Waals surface area contributed by atoms with Gasteiger partial charge >= 0.3 is 0 Å². The van der Waals surface area contributed by atoms with Crippen LogP contribution in [-0.4, -0.2) is 34.4 Å². The molecule has 0 saturated carbocycles. The highest BCUT2D eigenvalue weighted by molar-refractivity contribution is 5.86. The first-order valence-corrected chi connectivity index (χ1v) is 12.8. The Kier molecular flexibility index (Phi) is 7.17. The highest BCUT2D eigenvalue weighted by atomic mass is 16.2. The summed E-state index contributed by atoms with van der Waals surface area (Å²) < 4.78 is 2.31. The first-order chi connectivity index (χ1) is 17.6. The monoisotopic (exact) mass is 479 g/mol. The van der Waals surface area contributed by atoms with E-state index in [-0.39, 0.29) is 23.7 Å². The van der Waals surface area contributed by atoms with E-state index in [9.17, 15) is 9.59 Å². The van der Waals surface area contributed by atoms with Gasteiger partial charge < -0.3 is 15.2 Å². The number of carbonyl (C=O) groups excluding carboxylic acids is 2. The molecule has 2 amide bonds. The number of nitrogens with two attached hydrogens (primary N) is 1. The van der Waals surface area contributed by atoms with E-state index in [0.717, 1.165) is 13.0 Å². The molecule has 0 bridgehead atoms. The summed E-state index contributed by atoms with van der Waals surface area (Å²) >= 11 is 0. The van der Waals surface area contributed by atoms with Gasteiger partial charge in [-0.15, -0.1) is 0 Å². The average molecular weight is 480 g/mol. The lowest BCUT2D eigenvalue weighted by Crippen LogP contribution is -2.42. The molecular weight excluding hydrogens is 446 g/mol. The minimum absolute atomic E-state index is 0.0516. The van der Waals surface area contributed by atoms with Crippen molar-refractivity contribution in [1.82, 2.24) is 9.47 Å². The van der Waals surface area contributed by atoms with Crippen molar-refractivity contribution in [2.45, 2.75) is 38.1 Å². The fraction of sp³-hybridized carbons (Fsp3) is 0.290. The van der Waals surface area contributed by atoms with Crippen LogP contribution in [0.5, 0.6) is 0 Å². The van der Waals surface area contributed by atoms with Gasteiger partial charge in [0.25, 0.3) is 0 Å². The highest BCUT2D eigenvalue weighted by Gasteiger charge is 2.28. The number of para-hydroxylation sites is 1. The van der Waals surface area contributed by atoms with E-state index in [1.165, 1.54) is 27.6 Å². The van der Waals surface area contributed by atoms with Crippen molar-refractivity contribution in [2.75, 3.05) is 13.1 Å². The quantitative estimate of drug-likeness (QED) is 0.381. The molecule has 1 unspecified atom stereocenters. The third-order valence-corrected chi connectivity index (χ3v) is 7.45. The van der Waals surface area contributed by atoms with Crippen molar-refractivity contribution < 1.29 is 9.59 Å². The van der Waals surface area contributed by atoms with Gasteiger partial charge in [0, 0.05) is 49.1 Å². The standard InChI is InChI=1S/C31H33N3O2/c32-31(36)25-15-17-33(18-16-25)30(35)20-26(19-23-9-3-1-4-10-23)28-22-34(21-24-11-5-2-6-12-24)29-14-8-7-13-27(28)29/h1-14,22,25-26H,15-21H2,(H2,32,36). The van der Waals surface area contributed by atoms with Gasteiger partial charge in [0.1, 0.15) is 0 Å². The van der Waals surface area contributed by atoms with E-state index in [0.29, 0.717) is 32.4 Å². The number of benzene rings is 3. The Balaban J connectivity index is 1.45. The van der Waals surface area contributed by atoms with E-state index in [4.69, 9.17) is 5.73 Å². The van der Waals surface area contributed by atoms with Crippen molar-refractivity contribution in [2.24, 2.45) is 11.7 Å². The largest absolute Gasteiger partial charge is 0.369 e. The Bertz CT molecular complexity index is 1320. The number of nitrogens with zero attached hydrogens (tertiary/aromatic N) is 2. The summed E-state index contributed by atoms with van der Waals surface area (Å²) in [5, 5.41) is 1.20. The van der Waals surface area contributed by atoms with Gasteiger partial charge in [-0.25, -0.2) is 0 Å². The molecule has 2 heterocycles. The Hall–Kier alpha value is -3.86. The fourth-order valence-electron chi connectivity index (χ4n) is 5.46. The zero-order chi connectivity index (χ0) is 24.9. The molecule has 5 heteroatoms. The second-order valence-corrected chi connectivity index (χ2v) is 9.86. The van der Waals surface area contributed by atoms with Crippen molar-refractivity contribution in [3.05, 3.63) is 108 Å². The first-order valence-electron chi connectivity index (χ1n) is 12.8. The molecule has 1 aliphatic heterocycles. The molecular formula is C31H33N3O2. The van der Waals surface area contributed by atoms with Crippen LogP contribution >= 0.6 is 0 Å². The van der Waals surface area contributed by atoms with Gasteiger partial charge in [0.15, 0.2) is 0 Å². The third kappa shape index (κ3) is 5.35. The molecule has 1 saturated heterocycles. The maximum atomic E-state index is 13.5. The third-order valence-electron chi connectivity index (χ3n) is 7.45. The second kappa shape index (κ2) is 10.8.